The quantitative estimate of drug-likeness (QED) is 0.779. The molecule has 140 valence electrons. The number of nitrogens with zero attached hydrogens (tertiary/aromatic N) is 1. The molecule has 0 radical (unpaired) electrons. The van der Waals surface area contributed by atoms with Crippen LogP contribution in [0.2, 0.25) is 5.02 Å². The van der Waals surface area contributed by atoms with Gasteiger partial charge >= 0.3 is 0 Å². The van der Waals surface area contributed by atoms with Gasteiger partial charge in [0.05, 0.1) is 4.90 Å². The highest BCUT2D eigenvalue weighted by Crippen LogP contribution is 2.26. The van der Waals surface area contributed by atoms with E-state index in [1.54, 1.807) is 12.1 Å². The number of carbonyl (C=O) groups is 1. The molecule has 3 rings (SSSR count). The standard InChI is InChI=1S/C19H23ClN2O3S/c20-16-9-11-17(12-10-16)26(24,25)22(14-15-6-2-1-3-7-15)18-8-4-5-13-21-19(18)23/h1-2,7,9-12,18H,3-6,8,13-14H2,(H,21,23). The van der Waals surface area contributed by atoms with Gasteiger partial charge in [0.2, 0.25) is 15.9 Å². The van der Waals surface area contributed by atoms with Crippen LogP contribution in [0.25, 0.3) is 0 Å². The number of nitrogens with one attached hydrogen (secondary N) is 1. The molecule has 1 aromatic rings. The van der Waals surface area contributed by atoms with Crippen molar-refractivity contribution in [3.05, 3.63) is 53.1 Å². The van der Waals surface area contributed by atoms with Crippen LogP contribution in [0, 0.1) is 0 Å². The van der Waals surface area contributed by atoms with Crippen LogP contribution in [0.15, 0.2) is 53.0 Å². The molecule has 2 aliphatic rings. The number of carbonyl (C=O) groups excluding carboxylic acids is 1. The van der Waals surface area contributed by atoms with Crippen molar-refractivity contribution in [2.45, 2.75) is 43.0 Å². The number of halogens is 1. The minimum atomic E-state index is -3.82. The zero-order valence-corrected chi connectivity index (χ0v) is 16.1. The average molecular weight is 395 g/mol. The predicted molar refractivity (Wildman–Crippen MR) is 102 cm³/mol. The Kier molecular flexibility index (Phi) is 6.16. The molecule has 1 amide bonds. The van der Waals surface area contributed by atoms with Crippen molar-refractivity contribution in [1.29, 1.82) is 0 Å². The lowest BCUT2D eigenvalue weighted by Crippen LogP contribution is -2.49. The van der Waals surface area contributed by atoms with Crippen molar-refractivity contribution < 1.29 is 13.2 Å². The van der Waals surface area contributed by atoms with E-state index in [0.29, 0.717) is 24.4 Å². The molecule has 1 aliphatic heterocycles. The minimum Gasteiger partial charge on any atom is -0.355 e. The lowest BCUT2D eigenvalue weighted by atomic mass is 10.0. The molecule has 26 heavy (non-hydrogen) atoms. The molecule has 0 spiro atoms. The summed E-state index contributed by atoms with van der Waals surface area (Å²) in [7, 11) is -3.82. The molecule has 0 aromatic heterocycles. The van der Waals surface area contributed by atoms with E-state index >= 15 is 0 Å². The van der Waals surface area contributed by atoms with Gasteiger partial charge in [0.15, 0.2) is 0 Å². The third kappa shape index (κ3) is 4.37. The SMILES string of the molecule is O=C1NCCCCC1N(CC1=CCC=CC1)S(=O)(=O)c1ccc(Cl)cc1. The van der Waals surface area contributed by atoms with E-state index in [1.165, 1.54) is 16.4 Å². The fraction of sp³-hybridized carbons (Fsp3) is 0.421. The maximum atomic E-state index is 13.3. The number of rotatable bonds is 5. The van der Waals surface area contributed by atoms with E-state index in [0.717, 1.165) is 24.8 Å². The number of benzene rings is 1. The predicted octanol–water partition coefficient (Wildman–Crippen LogP) is 3.28. The van der Waals surface area contributed by atoms with Gasteiger partial charge in [0.25, 0.3) is 0 Å². The Hall–Kier alpha value is -1.63. The topological polar surface area (TPSA) is 66.5 Å². The van der Waals surface area contributed by atoms with Crippen molar-refractivity contribution in [3.63, 3.8) is 0 Å². The molecule has 1 unspecified atom stereocenters. The first-order chi connectivity index (χ1) is 12.5. The maximum absolute atomic E-state index is 13.3. The van der Waals surface area contributed by atoms with Crippen LogP contribution in [-0.4, -0.2) is 37.8 Å². The molecule has 0 bridgehead atoms. The molecule has 1 aromatic carbocycles. The molecule has 1 saturated heterocycles. The van der Waals surface area contributed by atoms with Gasteiger partial charge in [-0.15, -0.1) is 0 Å². The van der Waals surface area contributed by atoms with Crippen molar-refractivity contribution in [2.24, 2.45) is 0 Å². The largest absolute Gasteiger partial charge is 0.355 e. The second-order valence-corrected chi connectivity index (χ2v) is 8.91. The van der Waals surface area contributed by atoms with Crippen molar-refractivity contribution in [2.75, 3.05) is 13.1 Å². The molecule has 1 N–H and O–H groups in total. The van der Waals surface area contributed by atoms with Crippen LogP contribution in [0.5, 0.6) is 0 Å². The number of sulfonamides is 1. The third-order valence-corrected chi connectivity index (χ3v) is 6.84. The molecular formula is C19H23ClN2O3S. The Morgan fingerprint density at radius 1 is 1.15 bits per heavy atom. The van der Waals surface area contributed by atoms with Gasteiger partial charge in [-0.1, -0.05) is 35.4 Å². The van der Waals surface area contributed by atoms with E-state index in [1.807, 2.05) is 12.2 Å². The molecule has 1 aliphatic carbocycles. The third-order valence-electron chi connectivity index (χ3n) is 4.72. The summed E-state index contributed by atoms with van der Waals surface area (Å²) in [5.74, 6) is -0.216. The Labute approximate surface area is 159 Å². The monoisotopic (exact) mass is 394 g/mol. The number of hydrogen-bond donors (Lipinski definition) is 1. The second kappa shape index (κ2) is 8.37. The summed E-state index contributed by atoms with van der Waals surface area (Å²) in [5, 5.41) is 3.32. The van der Waals surface area contributed by atoms with Gasteiger partial charge in [-0.05, 0) is 56.4 Å². The van der Waals surface area contributed by atoms with Gasteiger partial charge in [-0.2, -0.15) is 4.31 Å². The van der Waals surface area contributed by atoms with E-state index in [2.05, 4.69) is 11.4 Å². The van der Waals surface area contributed by atoms with Crippen molar-refractivity contribution >= 4 is 27.5 Å². The van der Waals surface area contributed by atoms with Crippen LogP contribution >= 0.6 is 11.6 Å². The Morgan fingerprint density at radius 3 is 2.62 bits per heavy atom. The normalized spacial score (nSPS) is 21.2. The average Bonchev–Trinajstić information content (AvgIpc) is 2.85. The summed E-state index contributed by atoms with van der Waals surface area (Å²) >= 11 is 5.90. The Balaban J connectivity index is 1.96. The fourth-order valence-corrected chi connectivity index (χ4v) is 5.03. The zero-order valence-electron chi connectivity index (χ0n) is 14.5. The first-order valence-corrected chi connectivity index (χ1v) is 10.7. The number of amides is 1. The minimum absolute atomic E-state index is 0.158. The Morgan fingerprint density at radius 2 is 1.92 bits per heavy atom. The molecule has 1 fully saturated rings. The van der Waals surface area contributed by atoms with E-state index in [-0.39, 0.29) is 17.3 Å². The fourth-order valence-electron chi connectivity index (χ4n) is 3.28. The summed E-state index contributed by atoms with van der Waals surface area (Å²) < 4.78 is 28.0. The summed E-state index contributed by atoms with van der Waals surface area (Å²) in [6.07, 6.45) is 9.84. The van der Waals surface area contributed by atoms with Crippen LogP contribution in [-0.2, 0) is 14.8 Å². The smallest absolute Gasteiger partial charge is 0.244 e. The van der Waals surface area contributed by atoms with Gasteiger partial charge < -0.3 is 5.32 Å². The van der Waals surface area contributed by atoms with Crippen molar-refractivity contribution in [3.8, 4) is 0 Å². The highest BCUT2D eigenvalue weighted by atomic mass is 35.5. The molecular weight excluding hydrogens is 372 g/mol. The Bertz CT molecular complexity index is 816. The first-order valence-electron chi connectivity index (χ1n) is 8.86. The van der Waals surface area contributed by atoms with E-state index in [4.69, 9.17) is 11.6 Å². The summed E-state index contributed by atoms with van der Waals surface area (Å²) in [4.78, 5) is 12.7. The van der Waals surface area contributed by atoms with Crippen LogP contribution in [0.1, 0.15) is 32.1 Å². The van der Waals surface area contributed by atoms with E-state index in [9.17, 15) is 13.2 Å². The highest BCUT2D eigenvalue weighted by Gasteiger charge is 2.36. The van der Waals surface area contributed by atoms with Gasteiger partial charge in [-0.3, -0.25) is 4.79 Å². The van der Waals surface area contributed by atoms with Crippen LogP contribution in [0.3, 0.4) is 0 Å². The molecule has 5 nitrogen and oxygen atoms in total. The second-order valence-electron chi connectivity index (χ2n) is 6.58. The molecule has 0 saturated carbocycles. The van der Waals surface area contributed by atoms with Gasteiger partial charge in [-0.25, -0.2) is 8.42 Å². The summed E-state index contributed by atoms with van der Waals surface area (Å²) in [6, 6.07) is 5.41. The molecule has 1 atom stereocenters. The molecule has 7 heteroatoms. The zero-order chi connectivity index (χ0) is 18.6. The van der Waals surface area contributed by atoms with Crippen LogP contribution in [0.4, 0.5) is 0 Å². The lowest BCUT2D eigenvalue weighted by Gasteiger charge is -2.30. The summed E-state index contributed by atoms with van der Waals surface area (Å²) in [6.45, 7) is 0.822. The number of hydrogen-bond acceptors (Lipinski definition) is 3. The highest BCUT2D eigenvalue weighted by molar-refractivity contribution is 7.89. The van der Waals surface area contributed by atoms with Crippen molar-refractivity contribution in [1.82, 2.24) is 9.62 Å². The van der Waals surface area contributed by atoms with E-state index < -0.39 is 16.1 Å². The van der Waals surface area contributed by atoms with Gasteiger partial charge in [0.1, 0.15) is 6.04 Å². The first kappa shape index (κ1) is 19.1. The van der Waals surface area contributed by atoms with Crippen LogP contribution < -0.4 is 5.32 Å². The summed E-state index contributed by atoms with van der Waals surface area (Å²) in [5.41, 5.74) is 1.02. The lowest BCUT2D eigenvalue weighted by molar-refractivity contribution is -0.124. The number of allylic oxidation sites excluding steroid dienone is 3. The maximum Gasteiger partial charge on any atom is 0.244 e. The van der Waals surface area contributed by atoms with Gasteiger partial charge in [0, 0.05) is 18.1 Å². The molecule has 1 heterocycles.